The van der Waals surface area contributed by atoms with Gasteiger partial charge in [0.1, 0.15) is 11.9 Å². The first-order valence-corrected chi connectivity index (χ1v) is 9.37. The number of amides is 2. The summed E-state index contributed by atoms with van der Waals surface area (Å²) in [6.07, 6.45) is 0.0809. The fourth-order valence-corrected chi connectivity index (χ4v) is 4.03. The fourth-order valence-electron chi connectivity index (χ4n) is 2.90. The second-order valence-electron chi connectivity index (χ2n) is 6.59. The van der Waals surface area contributed by atoms with E-state index in [4.69, 9.17) is 4.74 Å². The molecule has 1 aliphatic rings. The van der Waals surface area contributed by atoms with E-state index in [9.17, 15) is 4.79 Å². The number of carbonyl (C=O) groups excluding carboxylic acids is 1. The van der Waals surface area contributed by atoms with Crippen LogP contribution in [0.25, 0.3) is 0 Å². The van der Waals surface area contributed by atoms with Gasteiger partial charge in [-0.3, -0.25) is 0 Å². The van der Waals surface area contributed by atoms with Gasteiger partial charge in [-0.1, -0.05) is 18.2 Å². The van der Waals surface area contributed by atoms with Crippen molar-refractivity contribution in [1.29, 1.82) is 0 Å². The minimum atomic E-state index is -0.0195. The molecule has 0 saturated carbocycles. The topological polar surface area (TPSA) is 44.8 Å². The van der Waals surface area contributed by atoms with Crippen molar-refractivity contribution in [3.63, 3.8) is 0 Å². The first kappa shape index (κ1) is 17.8. The van der Waals surface area contributed by atoms with Gasteiger partial charge in [-0.25, -0.2) is 4.79 Å². The molecule has 2 aromatic rings. The van der Waals surface area contributed by atoms with Gasteiger partial charge in [-0.05, 0) is 50.2 Å². The molecule has 2 heterocycles. The number of nitrogens with one attached hydrogen (secondary N) is 1. The van der Waals surface area contributed by atoms with Gasteiger partial charge in [0.2, 0.25) is 0 Å². The zero-order chi connectivity index (χ0) is 17.8. The molecule has 1 N–H and O–H groups in total. The number of carbonyl (C=O) groups is 1. The van der Waals surface area contributed by atoms with Crippen LogP contribution < -0.4 is 10.1 Å². The predicted molar refractivity (Wildman–Crippen MR) is 101 cm³/mol. The van der Waals surface area contributed by atoms with E-state index in [1.54, 1.807) is 16.2 Å². The van der Waals surface area contributed by atoms with E-state index in [-0.39, 0.29) is 18.2 Å². The van der Waals surface area contributed by atoms with E-state index in [1.165, 1.54) is 10.4 Å². The van der Waals surface area contributed by atoms with E-state index >= 15 is 0 Å². The van der Waals surface area contributed by atoms with Crippen LogP contribution in [0, 0.1) is 6.92 Å². The van der Waals surface area contributed by atoms with Crippen molar-refractivity contribution in [3.05, 3.63) is 52.2 Å². The Morgan fingerprint density at radius 1 is 1.32 bits per heavy atom. The summed E-state index contributed by atoms with van der Waals surface area (Å²) in [5, 5.41) is 5.16. The molecule has 1 aromatic carbocycles. The van der Waals surface area contributed by atoms with Crippen LogP contribution in [0.3, 0.4) is 0 Å². The third kappa shape index (κ3) is 4.32. The number of rotatable bonds is 6. The van der Waals surface area contributed by atoms with Crippen LogP contribution in [0.15, 0.2) is 41.8 Å². The molecule has 2 amide bonds. The number of para-hydroxylation sites is 1. The number of thiophene rings is 1. The molecule has 1 atom stereocenters. The van der Waals surface area contributed by atoms with Gasteiger partial charge in [-0.15, -0.1) is 11.3 Å². The minimum Gasteiger partial charge on any atom is -0.487 e. The molecule has 25 heavy (non-hydrogen) atoms. The summed E-state index contributed by atoms with van der Waals surface area (Å²) >= 11 is 1.74. The summed E-state index contributed by atoms with van der Waals surface area (Å²) in [5.41, 5.74) is 1.28. The third-order valence-electron chi connectivity index (χ3n) is 4.46. The molecule has 0 unspecified atom stereocenters. The lowest BCUT2D eigenvalue weighted by molar-refractivity contribution is 0.0439. The van der Waals surface area contributed by atoms with Crippen molar-refractivity contribution in [1.82, 2.24) is 15.1 Å². The fraction of sp³-hybridized carbons (Fsp3) is 0.421. The number of hydrogen-bond acceptors (Lipinski definition) is 4. The lowest BCUT2D eigenvalue weighted by Gasteiger charge is -2.39. The van der Waals surface area contributed by atoms with Crippen LogP contribution in [-0.2, 0) is 0 Å². The maximum atomic E-state index is 12.3. The van der Waals surface area contributed by atoms with Gasteiger partial charge in [0.05, 0.1) is 19.1 Å². The Morgan fingerprint density at radius 3 is 2.64 bits per heavy atom. The number of urea groups is 1. The average molecular weight is 359 g/mol. The number of likely N-dealkylation sites (N-methyl/N-ethyl adjacent to an activating group) is 1. The first-order valence-electron chi connectivity index (χ1n) is 8.49. The van der Waals surface area contributed by atoms with Crippen molar-refractivity contribution in [2.24, 2.45) is 0 Å². The van der Waals surface area contributed by atoms with Crippen LogP contribution >= 0.6 is 11.3 Å². The predicted octanol–water partition coefficient (Wildman–Crippen LogP) is 3.13. The van der Waals surface area contributed by atoms with E-state index in [0.717, 1.165) is 5.75 Å². The molecule has 1 fully saturated rings. The highest BCUT2D eigenvalue weighted by molar-refractivity contribution is 7.10. The summed E-state index contributed by atoms with van der Waals surface area (Å²) < 4.78 is 5.84. The molecule has 5 nitrogen and oxygen atoms in total. The zero-order valence-electron chi connectivity index (χ0n) is 14.9. The first-order chi connectivity index (χ1) is 12.0. The van der Waals surface area contributed by atoms with E-state index < -0.39 is 0 Å². The summed E-state index contributed by atoms with van der Waals surface area (Å²) in [7, 11) is 4.09. The van der Waals surface area contributed by atoms with E-state index in [2.05, 4.69) is 28.6 Å². The molecule has 0 bridgehead atoms. The van der Waals surface area contributed by atoms with Crippen LogP contribution in [-0.4, -0.2) is 55.7 Å². The largest absolute Gasteiger partial charge is 0.487 e. The summed E-state index contributed by atoms with van der Waals surface area (Å²) in [6, 6.07) is 12.0. The average Bonchev–Trinajstić information content (AvgIpc) is 2.97. The Hall–Kier alpha value is -2.05. The monoisotopic (exact) mass is 359 g/mol. The van der Waals surface area contributed by atoms with Gasteiger partial charge < -0.3 is 19.9 Å². The minimum absolute atomic E-state index is 0.0195. The standard InChI is InChI=1S/C19H25N3O2S/c1-14-9-10-25-18(14)17(21(2)3)11-20-19(23)22-12-16(13-22)24-15-7-5-4-6-8-15/h4-10,16-17H,11-13H2,1-3H3,(H,20,23)/t17-/m1/s1. The van der Waals surface area contributed by atoms with Gasteiger partial charge in [-0.2, -0.15) is 0 Å². The maximum Gasteiger partial charge on any atom is 0.317 e. The van der Waals surface area contributed by atoms with Crippen LogP contribution in [0.4, 0.5) is 4.79 Å². The Balaban J connectivity index is 1.46. The van der Waals surface area contributed by atoms with Crippen molar-refractivity contribution in [2.45, 2.75) is 19.1 Å². The second kappa shape index (κ2) is 7.89. The lowest BCUT2D eigenvalue weighted by atomic mass is 10.1. The third-order valence-corrected chi connectivity index (χ3v) is 5.58. The molecule has 1 aliphatic heterocycles. The van der Waals surface area contributed by atoms with Gasteiger partial charge in [0.15, 0.2) is 0 Å². The van der Waals surface area contributed by atoms with E-state index in [1.807, 2.05) is 44.4 Å². The number of hydrogen-bond donors (Lipinski definition) is 1. The second-order valence-corrected chi connectivity index (χ2v) is 7.54. The molecule has 6 heteroatoms. The molecular formula is C19H25N3O2S. The Labute approximate surface area is 153 Å². The Kier molecular flexibility index (Phi) is 5.60. The summed E-state index contributed by atoms with van der Waals surface area (Å²) in [6.45, 7) is 3.98. The van der Waals surface area contributed by atoms with Crippen molar-refractivity contribution < 1.29 is 9.53 Å². The smallest absolute Gasteiger partial charge is 0.317 e. The normalized spacial score (nSPS) is 15.8. The maximum absolute atomic E-state index is 12.3. The van der Waals surface area contributed by atoms with Crippen LogP contribution in [0.1, 0.15) is 16.5 Å². The SMILES string of the molecule is Cc1ccsc1[C@@H](CNC(=O)N1CC(Oc2ccccc2)C1)N(C)C. The zero-order valence-corrected chi connectivity index (χ0v) is 15.8. The Morgan fingerprint density at radius 2 is 2.04 bits per heavy atom. The lowest BCUT2D eigenvalue weighted by Crippen LogP contribution is -2.59. The highest BCUT2D eigenvalue weighted by atomic mass is 32.1. The summed E-state index contributed by atoms with van der Waals surface area (Å²) in [5.74, 6) is 0.855. The number of aryl methyl sites for hydroxylation is 1. The number of benzene rings is 1. The Bertz CT molecular complexity index is 696. The molecule has 134 valence electrons. The van der Waals surface area contributed by atoms with Crippen LogP contribution in [0.5, 0.6) is 5.75 Å². The molecule has 1 saturated heterocycles. The molecule has 0 spiro atoms. The van der Waals surface area contributed by atoms with Crippen LogP contribution in [0.2, 0.25) is 0 Å². The number of likely N-dealkylation sites (tertiary alicyclic amines) is 1. The van der Waals surface area contributed by atoms with E-state index in [0.29, 0.717) is 19.6 Å². The molecular weight excluding hydrogens is 334 g/mol. The summed E-state index contributed by atoms with van der Waals surface area (Å²) in [4.78, 5) is 17.6. The van der Waals surface area contributed by atoms with Gasteiger partial charge in [0, 0.05) is 11.4 Å². The molecule has 3 rings (SSSR count). The van der Waals surface area contributed by atoms with Crippen molar-refractivity contribution in [3.8, 4) is 5.75 Å². The highest BCUT2D eigenvalue weighted by Crippen LogP contribution is 2.27. The number of ether oxygens (including phenoxy) is 1. The van der Waals surface area contributed by atoms with Gasteiger partial charge >= 0.3 is 6.03 Å². The molecule has 0 radical (unpaired) electrons. The molecule has 1 aromatic heterocycles. The van der Waals surface area contributed by atoms with Crippen molar-refractivity contribution >= 4 is 17.4 Å². The molecule has 0 aliphatic carbocycles. The van der Waals surface area contributed by atoms with Crippen molar-refractivity contribution in [2.75, 3.05) is 33.7 Å². The quantitative estimate of drug-likeness (QED) is 0.862. The number of nitrogens with zero attached hydrogens (tertiary/aromatic N) is 2. The highest BCUT2D eigenvalue weighted by Gasteiger charge is 2.32. The van der Waals surface area contributed by atoms with Gasteiger partial charge in [0.25, 0.3) is 0 Å².